The third kappa shape index (κ3) is 4.45. The van der Waals surface area contributed by atoms with Gasteiger partial charge in [-0.25, -0.2) is 0 Å². The Morgan fingerprint density at radius 2 is 1.83 bits per heavy atom. The average Bonchev–Trinajstić information content (AvgIpc) is 2.73. The van der Waals surface area contributed by atoms with E-state index in [-0.39, 0.29) is 19.3 Å². The van der Waals surface area contributed by atoms with Crippen LogP contribution in [-0.2, 0) is 23.9 Å². The summed E-state index contributed by atoms with van der Waals surface area (Å²) in [5, 5.41) is 0. The number of esters is 2. The van der Waals surface area contributed by atoms with Crippen molar-refractivity contribution in [1.82, 2.24) is 0 Å². The number of ketones is 1. The molecule has 1 fully saturated rings. The monoisotopic (exact) mass is 338 g/mol. The summed E-state index contributed by atoms with van der Waals surface area (Å²) in [5.41, 5.74) is -3.04. The zero-order valence-corrected chi connectivity index (χ0v) is 13.6. The van der Waals surface area contributed by atoms with Crippen LogP contribution in [0.2, 0.25) is 0 Å². The van der Waals surface area contributed by atoms with Crippen LogP contribution in [0.5, 0.6) is 0 Å². The van der Waals surface area contributed by atoms with Crippen molar-refractivity contribution >= 4 is 17.7 Å². The highest BCUT2D eigenvalue weighted by molar-refractivity contribution is 6.05. The molecular weight excluding hydrogens is 317 g/mol. The van der Waals surface area contributed by atoms with Gasteiger partial charge in [-0.2, -0.15) is 13.2 Å². The molecule has 0 aromatic carbocycles. The van der Waals surface area contributed by atoms with Crippen molar-refractivity contribution in [2.45, 2.75) is 58.2 Å². The molecule has 0 radical (unpaired) electrons. The lowest BCUT2D eigenvalue weighted by atomic mass is 9.76. The fraction of sp³-hybridized carbons (Fsp3) is 0.800. The highest BCUT2D eigenvalue weighted by atomic mass is 19.4. The fourth-order valence-electron chi connectivity index (χ4n) is 2.69. The molecule has 0 saturated heterocycles. The first-order valence-electron chi connectivity index (χ1n) is 7.25. The number of ether oxygens (including phenoxy) is 2. The second-order valence-electron chi connectivity index (χ2n) is 6.68. The van der Waals surface area contributed by atoms with Crippen LogP contribution in [0, 0.1) is 11.3 Å². The number of halogens is 3. The van der Waals surface area contributed by atoms with Gasteiger partial charge < -0.3 is 9.47 Å². The molecule has 0 aliphatic heterocycles. The molecule has 0 aromatic rings. The molecule has 1 aliphatic rings. The number of hydrogen-bond donors (Lipinski definition) is 0. The van der Waals surface area contributed by atoms with Crippen LogP contribution in [0.15, 0.2) is 0 Å². The van der Waals surface area contributed by atoms with Crippen molar-refractivity contribution in [2.75, 3.05) is 7.11 Å². The van der Waals surface area contributed by atoms with Gasteiger partial charge in [-0.1, -0.05) is 0 Å². The zero-order valence-electron chi connectivity index (χ0n) is 13.6. The van der Waals surface area contributed by atoms with Crippen molar-refractivity contribution in [3.05, 3.63) is 0 Å². The van der Waals surface area contributed by atoms with Crippen LogP contribution in [0.4, 0.5) is 13.2 Å². The Balaban J connectivity index is 3.15. The van der Waals surface area contributed by atoms with Crippen LogP contribution in [0.25, 0.3) is 0 Å². The van der Waals surface area contributed by atoms with E-state index in [1.807, 2.05) is 0 Å². The lowest BCUT2D eigenvalue weighted by molar-refractivity contribution is -0.210. The molecular formula is C15H21F3O5. The molecule has 0 amide bonds. The summed E-state index contributed by atoms with van der Waals surface area (Å²) < 4.78 is 49.2. The number of hydrogen-bond acceptors (Lipinski definition) is 5. The molecule has 1 saturated carbocycles. The molecule has 5 nitrogen and oxygen atoms in total. The molecule has 0 bridgehead atoms. The van der Waals surface area contributed by atoms with Crippen molar-refractivity contribution in [3.8, 4) is 0 Å². The van der Waals surface area contributed by atoms with E-state index in [0.29, 0.717) is 0 Å². The average molecular weight is 338 g/mol. The summed E-state index contributed by atoms with van der Waals surface area (Å²) in [6.07, 6.45) is -5.68. The Labute approximate surface area is 132 Å². The lowest BCUT2D eigenvalue weighted by Crippen LogP contribution is -2.45. The summed E-state index contributed by atoms with van der Waals surface area (Å²) >= 11 is 0. The fourth-order valence-corrected chi connectivity index (χ4v) is 2.69. The molecule has 23 heavy (non-hydrogen) atoms. The standard InChI is InChI=1S/C15H21F3O5/c1-13(2,3)23-11(20)9(15(16,17)18)8-14(12(21)22-4)7-5-6-10(14)19/h9H,5-8H2,1-4H3/t9?,14-/m1/s1. The van der Waals surface area contributed by atoms with E-state index in [9.17, 15) is 27.6 Å². The lowest BCUT2D eigenvalue weighted by Gasteiger charge is -2.31. The van der Waals surface area contributed by atoms with E-state index in [0.717, 1.165) is 7.11 Å². The molecule has 1 aliphatic carbocycles. The maximum absolute atomic E-state index is 13.3. The Morgan fingerprint density at radius 3 is 2.17 bits per heavy atom. The number of Topliss-reactive ketones (excluding diaryl/α,β-unsaturated/α-hetero) is 1. The number of carbonyl (C=O) groups is 3. The first-order chi connectivity index (χ1) is 10.3. The predicted octanol–water partition coefficient (Wildman–Crippen LogP) is 2.81. The summed E-state index contributed by atoms with van der Waals surface area (Å²) in [6, 6.07) is 0. The molecule has 1 unspecified atom stereocenters. The van der Waals surface area contributed by atoms with Gasteiger partial charge in [0, 0.05) is 6.42 Å². The normalized spacial score (nSPS) is 23.5. The Kier molecular flexibility index (Phi) is 5.49. The van der Waals surface area contributed by atoms with Gasteiger partial charge >= 0.3 is 18.1 Å². The second-order valence-corrected chi connectivity index (χ2v) is 6.68. The molecule has 8 heteroatoms. The molecule has 0 N–H and O–H groups in total. The minimum atomic E-state index is -4.92. The highest BCUT2D eigenvalue weighted by Crippen LogP contribution is 2.45. The van der Waals surface area contributed by atoms with Crippen molar-refractivity contribution in [1.29, 1.82) is 0 Å². The van der Waals surface area contributed by atoms with E-state index in [4.69, 9.17) is 4.74 Å². The smallest absolute Gasteiger partial charge is 0.402 e. The van der Waals surface area contributed by atoms with Gasteiger partial charge in [-0.15, -0.1) is 0 Å². The quantitative estimate of drug-likeness (QED) is 0.582. The molecule has 0 heterocycles. The van der Waals surface area contributed by atoms with Crippen LogP contribution in [0.1, 0.15) is 46.5 Å². The topological polar surface area (TPSA) is 69.7 Å². The summed E-state index contributed by atoms with van der Waals surface area (Å²) in [5.74, 6) is -5.70. The third-order valence-electron chi connectivity index (χ3n) is 3.76. The van der Waals surface area contributed by atoms with Gasteiger partial charge in [0.25, 0.3) is 0 Å². The Bertz CT molecular complexity index is 492. The van der Waals surface area contributed by atoms with Crippen LogP contribution < -0.4 is 0 Å². The number of carbonyl (C=O) groups excluding carboxylic acids is 3. The molecule has 2 atom stereocenters. The van der Waals surface area contributed by atoms with Gasteiger partial charge in [-0.3, -0.25) is 14.4 Å². The molecule has 0 aromatic heterocycles. The SMILES string of the molecule is COC(=O)[C@@]1(CC(C(=O)OC(C)(C)C)C(F)(F)F)CCCC1=O. The van der Waals surface area contributed by atoms with Gasteiger partial charge in [-0.05, 0) is 40.0 Å². The van der Waals surface area contributed by atoms with Crippen molar-refractivity contribution in [3.63, 3.8) is 0 Å². The van der Waals surface area contributed by atoms with E-state index in [1.54, 1.807) is 0 Å². The van der Waals surface area contributed by atoms with Crippen LogP contribution >= 0.6 is 0 Å². The number of methoxy groups -OCH3 is 1. The van der Waals surface area contributed by atoms with Gasteiger partial charge in [0.1, 0.15) is 16.8 Å². The maximum atomic E-state index is 13.3. The minimum Gasteiger partial charge on any atom is -0.468 e. The second kappa shape index (κ2) is 6.49. The highest BCUT2D eigenvalue weighted by Gasteiger charge is 2.58. The van der Waals surface area contributed by atoms with E-state index < -0.39 is 47.3 Å². The summed E-state index contributed by atoms with van der Waals surface area (Å²) in [7, 11) is 1.01. The molecule has 1 rings (SSSR count). The zero-order chi connectivity index (χ0) is 18.1. The van der Waals surface area contributed by atoms with Crippen LogP contribution in [-0.4, -0.2) is 36.6 Å². The Hall–Kier alpha value is -1.60. The maximum Gasteiger partial charge on any atom is 0.402 e. The number of rotatable bonds is 4. The van der Waals surface area contributed by atoms with E-state index >= 15 is 0 Å². The van der Waals surface area contributed by atoms with Gasteiger partial charge in [0.2, 0.25) is 0 Å². The molecule has 132 valence electrons. The minimum absolute atomic E-state index is 0.00596. The molecule has 0 spiro atoms. The largest absolute Gasteiger partial charge is 0.468 e. The Morgan fingerprint density at radius 1 is 1.26 bits per heavy atom. The summed E-state index contributed by atoms with van der Waals surface area (Å²) in [4.78, 5) is 35.9. The number of alkyl halides is 3. The van der Waals surface area contributed by atoms with E-state index in [1.165, 1.54) is 20.8 Å². The summed E-state index contributed by atoms with van der Waals surface area (Å²) in [6.45, 7) is 4.32. The van der Waals surface area contributed by atoms with Gasteiger partial charge in [0.05, 0.1) is 7.11 Å². The first-order valence-corrected chi connectivity index (χ1v) is 7.25. The first kappa shape index (κ1) is 19.4. The van der Waals surface area contributed by atoms with Crippen LogP contribution in [0.3, 0.4) is 0 Å². The van der Waals surface area contributed by atoms with Crippen molar-refractivity contribution in [2.24, 2.45) is 11.3 Å². The van der Waals surface area contributed by atoms with Gasteiger partial charge in [0.15, 0.2) is 5.92 Å². The third-order valence-corrected chi connectivity index (χ3v) is 3.76. The predicted molar refractivity (Wildman–Crippen MR) is 73.3 cm³/mol. The van der Waals surface area contributed by atoms with Crippen molar-refractivity contribution < 1.29 is 37.0 Å². The van der Waals surface area contributed by atoms with E-state index in [2.05, 4.69) is 4.74 Å².